The second-order valence-electron chi connectivity index (χ2n) is 3.48. The maximum atomic E-state index is 11.8. The summed E-state index contributed by atoms with van der Waals surface area (Å²) >= 11 is 0. The van der Waals surface area contributed by atoms with Crippen molar-refractivity contribution in [3.8, 4) is 0 Å². The Hall–Kier alpha value is -0.920. The van der Waals surface area contributed by atoms with E-state index < -0.39 is 10.0 Å². The van der Waals surface area contributed by atoms with E-state index in [-0.39, 0.29) is 17.3 Å². The average Bonchev–Trinajstić information content (AvgIpc) is 2.54. The van der Waals surface area contributed by atoms with E-state index in [1.165, 1.54) is 0 Å². The Morgan fingerprint density at radius 3 is 2.56 bits per heavy atom. The molecule has 0 radical (unpaired) electrons. The molecule has 0 amide bonds. The fourth-order valence-electron chi connectivity index (χ4n) is 1.37. The third kappa shape index (κ3) is 3.03. The van der Waals surface area contributed by atoms with Crippen LogP contribution in [0.25, 0.3) is 0 Å². The summed E-state index contributed by atoms with van der Waals surface area (Å²) in [5, 5.41) is 12.2. The number of rotatable bonds is 6. The molecule has 0 saturated heterocycles. The molecule has 92 valence electrons. The van der Waals surface area contributed by atoms with Gasteiger partial charge in [-0.05, 0) is 26.7 Å². The molecule has 0 atom stereocenters. The van der Waals surface area contributed by atoms with Crippen LogP contribution >= 0.6 is 0 Å². The SMILES string of the molecule is Cc1noc(C)c1S(=O)(=O)NCCCCO. The highest BCUT2D eigenvalue weighted by molar-refractivity contribution is 7.89. The van der Waals surface area contributed by atoms with E-state index in [2.05, 4.69) is 9.88 Å². The zero-order chi connectivity index (χ0) is 12.2. The van der Waals surface area contributed by atoms with E-state index in [1.54, 1.807) is 13.8 Å². The number of aromatic nitrogens is 1. The van der Waals surface area contributed by atoms with Crippen molar-refractivity contribution in [3.05, 3.63) is 11.5 Å². The van der Waals surface area contributed by atoms with Crippen LogP contribution in [-0.4, -0.2) is 31.8 Å². The smallest absolute Gasteiger partial charge is 0.245 e. The summed E-state index contributed by atoms with van der Waals surface area (Å²) in [6.07, 6.45) is 1.17. The number of nitrogens with zero attached hydrogens (tertiary/aromatic N) is 1. The van der Waals surface area contributed by atoms with Gasteiger partial charge in [-0.15, -0.1) is 0 Å². The highest BCUT2D eigenvalue weighted by Gasteiger charge is 2.23. The van der Waals surface area contributed by atoms with E-state index in [9.17, 15) is 8.42 Å². The van der Waals surface area contributed by atoms with Crippen molar-refractivity contribution in [3.63, 3.8) is 0 Å². The molecule has 0 aliphatic rings. The summed E-state index contributed by atoms with van der Waals surface area (Å²) < 4.78 is 30.9. The standard InChI is InChI=1S/C9H16N2O4S/c1-7-9(8(2)15-11-7)16(13,14)10-5-3-4-6-12/h10,12H,3-6H2,1-2H3. The minimum Gasteiger partial charge on any atom is -0.396 e. The third-order valence-electron chi connectivity index (χ3n) is 2.11. The van der Waals surface area contributed by atoms with Crippen LogP contribution in [0, 0.1) is 13.8 Å². The van der Waals surface area contributed by atoms with Gasteiger partial charge in [-0.3, -0.25) is 0 Å². The number of hydrogen-bond acceptors (Lipinski definition) is 5. The molecule has 1 aromatic rings. The van der Waals surface area contributed by atoms with Crippen LogP contribution in [0.1, 0.15) is 24.3 Å². The minimum atomic E-state index is -3.55. The van der Waals surface area contributed by atoms with Crippen molar-refractivity contribution in [2.75, 3.05) is 13.2 Å². The summed E-state index contributed by atoms with van der Waals surface area (Å²) in [4.78, 5) is 0.108. The highest BCUT2D eigenvalue weighted by Crippen LogP contribution is 2.18. The van der Waals surface area contributed by atoms with Gasteiger partial charge in [0, 0.05) is 13.2 Å². The monoisotopic (exact) mass is 248 g/mol. The molecule has 0 fully saturated rings. The van der Waals surface area contributed by atoms with Gasteiger partial charge in [0.1, 0.15) is 10.6 Å². The lowest BCUT2D eigenvalue weighted by Crippen LogP contribution is -2.25. The topological polar surface area (TPSA) is 92.4 Å². The largest absolute Gasteiger partial charge is 0.396 e. The van der Waals surface area contributed by atoms with Gasteiger partial charge in [0.25, 0.3) is 0 Å². The second kappa shape index (κ2) is 5.42. The molecule has 1 heterocycles. The highest BCUT2D eigenvalue weighted by atomic mass is 32.2. The molecule has 0 unspecified atom stereocenters. The molecule has 0 aromatic carbocycles. The van der Waals surface area contributed by atoms with Crippen LogP contribution in [0.4, 0.5) is 0 Å². The van der Waals surface area contributed by atoms with Crippen LogP contribution in [-0.2, 0) is 10.0 Å². The van der Waals surface area contributed by atoms with Crippen LogP contribution in [0.2, 0.25) is 0 Å². The van der Waals surface area contributed by atoms with Crippen molar-refractivity contribution in [2.45, 2.75) is 31.6 Å². The van der Waals surface area contributed by atoms with Crippen LogP contribution in [0.5, 0.6) is 0 Å². The Balaban J connectivity index is 2.71. The lowest BCUT2D eigenvalue weighted by Gasteiger charge is -2.05. The van der Waals surface area contributed by atoms with E-state index >= 15 is 0 Å². The van der Waals surface area contributed by atoms with Gasteiger partial charge in [0.2, 0.25) is 10.0 Å². The molecule has 1 aromatic heterocycles. The Kier molecular flexibility index (Phi) is 4.45. The molecule has 6 nitrogen and oxygen atoms in total. The van der Waals surface area contributed by atoms with Gasteiger partial charge in [-0.1, -0.05) is 5.16 Å². The van der Waals surface area contributed by atoms with Crippen molar-refractivity contribution >= 4 is 10.0 Å². The number of unbranched alkanes of at least 4 members (excludes halogenated alkanes) is 1. The maximum absolute atomic E-state index is 11.8. The molecular weight excluding hydrogens is 232 g/mol. The van der Waals surface area contributed by atoms with E-state index in [0.29, 0.717) is 25.1 Å². The summed E-state index contributed by atoms with van der Waals surface area (Å²) in [7, 11) is -3.55. The van der Waals surface area contributed by atoms with E-state index in [1.807, 2.05) is 0 Å². The van der Waals surface area contributed by atoms with Gasteiger partial charge in [-0.25, -0.2) is 13.1 Å². The Labute approximate surface area is 94.7 Å². The quantitative estimate of drug-likeness (QED) is 0.708. The van der Waals surface area contributed by atoms with E-state index in [4.69, 9.17) is 9.63 Å². The average molecular weight is 248 g/mol. The van der Waals surface area contributed by atoms with Crippen molar-refractivity contribution in [1.82, 2.24) is 9.88 Å². The first kappa shape index (κ1) is 13.1. The molecule has 0 aliphatic carbocycles. The summed E-state index contributed by atoms with van der Waals surface area (Å²) in [6, 6.07) is 0. The van der Waals surface area contributed by atoms with Crippen molar-refractivity contribution in [2.24, 2.45) is 0 Å². The van der Waals surface area contributed by atoms with Gasteiger partial charge in [0.05, 0.1) is 0 Å². The number of aliphatic hydroxyl groups excluding tert-OH is 1. The van der Waals surface area contributed by atoms with Gasteiger partial charge < -0.3 is 9.63 Å². The first-order chi connectivity index (χ1) is 7.49. The fourth-order valence-corrected chi connectivity index (χ4v) is 2.77. The van der Waals surface area contributed by atoms with E-state index in [0.717, 1.165) is 0 Å². The van der Waals surface area contributed by atoms with Crippen molar-refractivity contribution < 1.29 is 18.0 Å². The third-order valence-corrected chi connectivity index (χ3v) is 3.82. The fraction of sp³-hybridized carbons (Fsp3) is 0.667. The number of hydrogen-bond donors (Lipinski definition) is 2. The number of aryl methyl sites for hydroxylation is 2. The summed E-state index contributed by atoms with van der Waals surface area (Å²) in [5.41, 5.74) is 0.354. The van der Waals surface area contributed by atoms with Gasteiger partial charge >= 0.3 is 0 Å². The summed E-state index contributed by atoms with van der Waals surface area (Å²) in [5.74, 6) is 0.284. The molecular formula is C9H16N2O4S. The molecule has 0 aliphatic heterocycles. The molecule has 2 N–H and O–H groups in total. The summed E-state index contributed by atoms with van der Waals surface area (Å²) in [6.45, 7) is 3.50. The Morgan fingerprint density at radius 1 is 1.38 bits per heavy atom. The Bertz CT molecular complexity index is 419. The zero-order valence-electron chi connectivity index (χ0n) is 9.36. The van der Waals surface area contributed by atoms with Crippen molar-refractivity contribution in [1.29, 1.82) is 0 Å². The van der Waals surface area contributed by atoms with Gasteiger partial charge in [0.15, 0.2) is 5.76 Å². The van der Waals surface area contributed by atoms with Crippen LogP contribution in [0.15, 0.2) is 9.42 Å². The first-order valence-corrected chi connectivity index (χ1v) is 6.50. The molecule has 0 bridgehead atoms. The van der Waals surface area contributed by atoms with Crippen LogP contribution < -0.4 is 4.72 Å². The van der Waals surface area contributed by atoms with Gasteiger partial charge in [-0.2, -0.15) is 0 Å². The predicted molar refractivity (Wildman–Crippen MR) is 57.5 cm³/mol. The lowest BCUT2D eigenvalue weighted by atomic mass is 10.3. The molecule has 1 rings (SSSR count). The minimum absolute atomic E-state index is 0.0625. The molecule has 7 heteroatoms. The normalized spacial score (nSPS) is 11.9. The molecule has 0 saturated carbocycles. The first-order valence-electron chi connectivity index (χ1n) is 5.02. The number of aliphatic hydroxyl groups is 1. The molecule has 16 heavy (non-hydrogen) atoms. The lowest BCUT2D eigenvalue weighted by molar-refractivity contribution is 0.285. The second-order valence-corrected chi connectivity index (χ2v) is 5.19. The number of nitrogens with one attached hydrogen (secondary N) is 1. The molecule has 0 spiro atoms. The maximum Gasteiger partial charge on any atom is 0.245 e. The Morgan fingerprint density at radius 2 is 2.06 bits per heavy atom. The zero-order valence-corrected chi connectivity index (χ0v) is 10.2. The predicted octanol–water partition coefficient (Wildman–Crippen LogP) is 0.342. The van der Waals surface area contributed by atoms with Crippen LogP contribution in [0.3, 0.4) is 0 Å². The number of sulfonamides is 1.